The Hall–Kier alpha value is -1.95. The topological polar surface area (TPSA) is 60.7 Å². The van der Waals surface area contributed by atoms with Crippen molar-refractivity contribution in [2.45, 2.75) is 0 Å². The van der Waals surface area contributed by atoms with E-state index in [1.165, 1.54) is 0 Å². The Balaban J connectivity index is 2.20. The van der Waals surface area contributed by atoms with Gasteiger partial charge in [-0.05, 0) is 28.1 Å². The summed E-state index contributed by atoms with van der Waals surface area (Å²) in [6.45, 7) is 0. The number of hydrogen-bond donors (Lipinski definition) is 1. The summed E-state index contributed by atoms with van der Waals surface area (Å²) in [5.41, 5.74) is 0.564. The number of hydrogen-bond acceptors (Lipinski definition) is 4. The molecule has 6 heteroatoms. The predicted molar refractivity (Wildman–Crippen MR) is 73.9 cm³/mol. The third-order valence-corrected chi connectivity index (χ3v) is 2.83. The van der Waals surface area contributed by atoms with Gasteiger partial charge in [0.25, 0.3) is 5.91 Å². The highest BCUT2D eigenvalue weighted by molar-refractivity contribution is 9.10. The first-order valence-corrected chi connectivity index (χ1v) is 6.21. The SMILES string of the molecule is COc1cc(NC(=O)c2ccc(Br)o2)cc(OC)c1. The maximum absolute atomic E-state index is 11.9. The van der Waals surface area contributed by atoms with E-state index in [0.29, 0.717) is 21.9 Å². The first-order chi connectivity index (χ1) is 9.12. The highest BCUT2D eigenvalue weighted by Crippen LogP contribution is 2.26. The van der Waals surface area contributed by atoms with Gasteiger partial charge in [0.05, 0.1) is 14.2 Å². The Morgan fingerprint density at radius 1 is 1.16 bits per heavy atom. The zero-order valence-electron chi connectivity index (χ0n) is 10.4. The van der Waals surface area contributed by atoms with Crippen molar-refractivity contribution < 1.29 is 18.7 Å². The zero-order chi connectivity index (χ0) is 13.8. The highest BCUT2D eigenvalue weighted by atomic mass is 79.9. The van der Waals surface area contributed by atoms with Gasteiger partial charge in [-0.1, -0.05) is 0 Å². The number of carbonyl (C=O) groups excluding carboxylic acids is 1. The van der Waals surface area contributed by atoms with Crippen LogP contribution in [0.1, 0.15) is 10.6 Å². The minimum absolute atomic E-state index is 0.216. The van der Waals surface area contributed by atoms with Gasteiger partial charge in [0.15, 0.2) is 10.4 Å². The molecule has 0 aliphatic rings. The lowest BCUT2D eigenvalue weighted by Crippen LogP contribution is -2.11. The summed E-state index contributed by atoms with van der Waals surface area (Å²) in [4.78, 5) is 11.9. The van der Waals surface area contributed by atoms with E-state index in [4.69, 9.17) is 13.9 Å². The van der Waals surface area contributed by atoms with Gasteiger partial charge in [0, 0.05) is 23.9 Å². The van der Waals surface area contributed by atoms with Crippen molar-refractivity contribution in [3.05, 3.63) is 40.8 Å². The Labute approximate surface area is 118 Å². The number of benzene rings is 1. The van der Waals surface area contributed by atoms with Gasteiger partial charge in [-0.25, -0.2) is 0 Å². The number of amides is 1. The maximum atomic E-state index is 11.9. The first kappa shape index (κ1) is 13.5. The van der Waals surface area contributed by atoms with Crippen LogP contribution in [0.3, 0.4) is 0 Å². The molecule has 5 nitrogen and oxygen atoms in total. The maximum Gasteiger partial charge on any atom is 0.291 e. The number of carbonyl (C=O) groups is 1. The molecule has 1 aromatic carbocycles. The molecule has 1 N–H and O–H groups in total. The van der Waals surface area contributed by atoms with Crippen molar-refractivity contribution in [1.29, 1.82) is 0 Å². The molecule has 0 aliphatic heterocycles. The van der Waals surface area contributed by atoms with Gasteiger partial charge in [0.2, 0.25) is 0 Å². The summed E-state index contributed by atoms with van der Waals surface area (Å²) in [5.74, 6) is 1.06. The van der Waals surface area contributed by atoms with Crippen molar-refractivity contribution in [1.82, 2.24) is 0 Å². The smallest absolute Gasteiger partial charge is 0.291 e. The van der Waals surface area contributed by atoms with E-state index in [2.05, 4.69) is 21.2 Å². The molecule has 1 aromatic heterocycles. The normalized spacial score (nSPS) is 10.1. The molecule has 0 spiro atoms. The van der Waals surface area contributed by atoms with Crippen molar-refractivity contribution >= 4 is 27.5 Å². The molecule has 0 saturated carbocycles. The second-order valence-electron chi connectivity index (χ2n) is 3.66. The summed E-state index contributed by atoms with van der Waals surface area (Å²) in [6, 6.07) is 8.34. The molecular formula is C13H12BrNO4. The van der Waals surface area contributed by atoms with Crippen LogP contribution in [0.15, 0.2) is 39.4 Å². The molecule has 0 fully saturated rings. The highest BCUT2D eigenvalue weighted by Gasteiger charge is 2.12. The number of anilines is 1. The molecular weight excluding hydrogens is 314 g/mol. The van der Waals surface area contributed by atoms with Crippen LogP contribution in [-0.4, -0.2) is 20.1 Å². The van der Waals surface area contributed by atoms with Gasteiger partial charge in [0.1, 0.15) is 11.5 Å². The number of halogens is 1. The van der Waals surface area contributed by atoms with E-state index in [0.717, 1.165) is 0 Å². The molecule has 19 heavy (non-hydrogen) atoms. The molecule has 1 amide bonds. The Morgan fingerprint density at radius 3 is 2.26 bits per heavy atom. The number of methoxy groups -OCH3 is 2. The standard InChI is InChI=1S/C13H12BrNO4/c1-17-9-5-8(6-10(7-9)18-2)15-13(16)11-3-4-12(14)19-11/h3-7H,1-2H3,(H,15,16). The average molecular weight is 326 g/mol. The van der Waals surface area contributed by atoms with Crippen molar-refractivity contribution in [2.24, 2.45) is 0 Å². The summed E-state index contributed by atoms with van der Waals surface area (Å²) >= 11 is 3.14. The van der Waals surface area contributed by atoms with Crippen LogP contribution in [0.4, 0.5) is 5.69 Å². The largest absolute Gasteiger partial charge is 0.497 e. The van der Waals surface area contributed by atoms with E-state index in [9.17, 15) is 4.79 Å². The number of furan rings is 1. The molecule has 0 unspecified atom stereocenters. The van der Waals surface area contributed by atoms with Crippen molar-refractivity contribution in [3.8, 4) is 11.5 Å². The molecule has 0 bridgehead atoms. The van der Waals surface area contributed by atoms with Gasteiger partial charge >= 0.3 is 0 Å². The molecule has 0 radical (unpaired) electrons. The molecule has 0 atom stereocenters. The van der Waals surface area contributed by atoms with Crippen LogP contribution in [-0.2, 0) is 0 Å². The third-order valence-electron chi connectivity index (χ3n) is 2.41. The lowest BCUT2D eigenvalue weighted by atomic mass is 10.2. The molecule has 2 rings (SSSR count). The monoisotopic (exact) mass is 325 g/mol. The van der Waals surface area contributed by atoms with Gasteiger partial charge in [-0.15, -0.1) is 0 Å². The quantitative estimate of drug-likeness (QED) is 0.936. The molecule has 0 saturated heterocycles. The number of ether oxygens (including phenoxy) is 2. The minimum atomic E-state index is -0.346. The third kappa shape index (κ3) is 3.29. The lowest BCUT2D eigenvalue weighted by molar-refractivity contribution is 0.0995. The first-order valence-electron chi connectivity index (χ1n) is 5.42. The summed E-state index contributed by atoms with van der Waals surface area (Å²) < 4.78 is 15.9. The summed E-state index contributed by atoms with van der Waals surface area (Å²) in [5, 5.41) is 2.71. The molecule has 1 heterocycles. The fourth-order valence-corrected chi connectivity index (χ4v) is 1.82. The van der Waals surface area contributed by atoms with Crippen LogP contribution >= 0.6 is 15.9 Å². The van der Waals surface area contributed by atoms with Crippen LogP contribution in [0.25, 0.3) is 0 Å². The zero-order valence-corrected chi connectivity index (χ0v) is 12.0. The lowest BCUT2D eigenvalue weighted by Gasteiger charge is -2.08. The fourth-order valence-electron chi connectivity index (χ4n) is 1.51. The Bertz CT molecular complexity index is 572. The second-order valence-corrected chi connectivity index (χ2v) is 4.44. The molecule has 2 aromatic rings. The summed E-state index contributed by atoms with van der Waals surface area (Å²) in [7, 11) is 3.09. The minimum Gasteiger partial charge on any atom is -0.497 e. The molecule has 0 aliphatic carbocycles. The van der Waals surface area contributed by atoms with E-state index in [1.807, 2.05) is 0 Å². The van der Waals surface area contributed by atoms with Gasteiger partial charge in [-0.2, -0.15) is 0 Å². The van der Waals surface area contributed by atoms with E-state index < -0.39 is 0 Å². The van der Waals surface area contributed by atoms with Crippen LogP contribution in [0.2, 0.25) is 0 Å². The van der Waals surface area contributed by atoms with Gasteiger partial charge in [-0.3, -0.25) is 4.79 Å². The Kier molecular flexibility index (Phi) is 4.11. The Morgan fingerprint density at radius 2 is 1.79 bits per heavy atom. The van der Waals surface area contributed by atoms with Crippen LogP contribution in [0.5, 0.6) is 11.5 Å². The van der Waals surface area contributed by atoms with Gasteiger partial charge < -0.3 is 19.2 Å². The second kappa shape index (κ2) is 5.79. The number of nitrogens with one attached hydrogen (secondary N) is 1. The molecule has 100 valence electrons. The van der Waals surface area contributed by atoms with Crippen LogP contribution < -0.4 is 14.8 Å². The fraction of sp³-hybridized carbons (Fsp3) is 0.154. The average Bonchev–Trinajstić information content (AvgIpc) is 2.85. The van der Waals surface area contributed by atoms with Crippen LogP contribution in [0, 0.1) is 0 Å². The van der Waals surface area contributed by atoms with Crippen molar-refractivity contribution in [3.63, 3.8) is 0 Å². The predicted octanol–water partition coefficient (Wildman–Crippen LogP) is 3.31. The van der Waals surface area contributed by atoms with E-state index >= 15 is 0 Å². The van der Waals surface area contributed by atoms with Crippen molar-refractivity contribution in [2.75, 3.05) is 19.5 Å². The van der Waals surface area contributed by atoms with E-state index in [1.54, 1.807) is 44.6 Å². The summed E-state index contributed by atoms with van der Waals surface area (Å²) in [6.07, 6.45) is 0. The number of rotatable bonds is 4. The van der Waals surface area contributed by atoms with E-state index in [-0.39, 0.29) is 11.7 Å².